The van der Waals surface area contributed by atoms with Crippen molar-refractivity contribution in [2.75, 3.05) is 34.2 Å². The molecule has 1 rings (SSSR count). The molecule has 0 unspecified atom stereocenters. The van der Waals surface area contributed by atoms with E-state index in [1.54, 1.807) is 0 Å². The van der Waals surface area contributed by atoms with Crippen LogP contribution in [0, 0.1) is 0 Å². The maximum absolute atomic E-state index is 11.3. The third-order valence-corrected chi connectivity index (χ3v) is 3.93. The molecule has 14 heavy (non-hydrogen) atoms. The molecule has 0 aliphatic heterocycles. The highest BCUT2D eigenvalue weighted by atomic mass is 32.2. The normalized spacial score (nSPS) is 18.1. The third-order valence-electron chi connectivity index (χ3n) is 2.40. The first kappa shape index (κ1) is 11.9. The number of rotatable bonds is 6. The van der Waals surface area contributed by atoms with E-state index in [1.807, 2.05) is 7.05 Å². The Hall–Kier alpha value is -0.170. The van der Waals surface area contributed by atoms with E-state index in [9.17, 15) is 8.42 Å². The SMILES string of the molecule is CN(CCNS(=O)(=O)N(C)C)C1CC1. The largest absolute Gasteiger partial charge is 0.302 e. The zero-order valence-electron chi connectivity index (χ0n) is 9.02. The predicted molar refractivity (Wildman–Crippen MR) is 56.3 cm³/mol. The average Bonchev–Trinajstić information content (AvgIpc) is 2.85. The first-order valence-electron chi connectivity index (χ1n) is 4.81. The second kappa shape index (κ2) is 4.57. The third kappa shape index (κ3) is 3.53. The lowest BCUT2D eigenvalue weighted by molar-refractivity contribution is 0.328. The Labute approximate surface area is 86.3 Å². The van der Waals surface area contributed by atoms with Crippen LogP contribution >= 0.6 is 0 Å². The summed E-state index contributed by atoms with van der Waals surface area (Å²) in [6.07, 6.45) is 2.49. The number of hydrogen-bond donors (Lipinski definition) is 1. The van der Waals surface area contributed by atoms with Gasteiger partial charge in [-0.15, -0.1) is 0 Å². The van der Waals surface area contributed by atoms with Crippen LogP contribution in [-0.4, -0.2) is 57.9 Å². The van der Waals surface area contributed by atoms with Crippen molar-refractivity contribution in [2.45, 2.75) is 18.9 Å². The molecule has 0 amide bonds. The van der Waals surface area contributed by atoms with Crippen molar-refractivity contribution in [2.24, 2.45) is 0 Å². The topological polar surface area (TPSA) is 52.7 Å². The second-order valence-electron chi connectivity index (χ2n) is 3.89. The molecule has 84 valence electrons. The highest BCUT2D eigenvalue weighted by Crippen LogP contribution is 2.24. The monoisotopic (exact) mass is 221 g/mol. The van der Waals surface area contributed by atoms with Gasteiger partial charge in [0.1, 0.15) is 0 Å². The summed E-state index contributed by atoms with van der Waals surface area (Å²) < 4.78 is 26.3. The molecule has 1 N–H and O–H groups in total. The average molecular weight is 221 g/mol. The Balaban J connectivity index is 2.20. The standard InChI is InChI=1S/C8H19N3O2S/c1-10(2)14(12,13)9-6-7-11(3)8-4-5-8/h8-9H,4-7H2,1-3H3. The van der Waals surface area contributed by atoms with E-state index in [2.05, 4.69) is 9.62 Å². The molecule has 0 aromatic carbocycles. The summed E-state index contributed by atoms with van der Waals surface area (Å²) in [6.45, 7) is 1.26. The van der Waals surface area contributed by atoms with Gasteiger partial charge < -0.3 is 4.90 Å². The number of likely N-dealkylation sites (N-methyl/N-ethyl adjacent to an activating group) is 1. The molecule has 1 fully saturated rings. The fourth-order valence-electron chi connectivity index (χ4n) is 1.18. The molecule has 0 heterocycles. The first-order chi connectivity index (χ1) is 6.43. The van der Waals surface area contributed by atoms with Crippen molar-refractivity contribution in [3.05, 3.63) is 0 Å². The number of hydrogen-bond acceptors (Lipinski definition) is 3. The molecule has 5 nitrogen and oxygen atoms in total. The molecule has 0 aromatic rings. The van der Waals surface area contributed by atoms with Crippen LogP contribution in [-0.2, 0) is 10.2 Å². The quantitative estimate of drug-likeness (QED) is 0.656. The van der Waals surface area contributed by atoms with Gasteiger partial charge in [0.2, 0.25) is 0 Å². The van der Waals surface area contributed by atoms with Crippen molar-refractivity contribution < 1.29 is 8.42 Å². The second-order valence-corrected chi connectivity index (χ2v) is 5.86. The van der Waals surface area contributed by atoms with Crippen LogP contribution in [0.3, 0.4) is 0 Å². The summed E-state index contributed by atoms with van der Waals surface area (Å²) in [4.78, 5) is 2.19. The molecule has 0 atom stereocenters. The van der Waals surface area contributed by atoms with Crippen LogP contribution in [0.1, 0.15) is 12.8 Å². The van der Waals surface area contributed by atoms with Crippen molar-refractivity contribution >= 4 is 10.2 Å². The Kier molecular flexibility index (Phi) is 3.88. The zero-order valence-corrected chi connectivity index (χ0v) is 9.84. The van der Waals surface area contributed by atoms with E-state index >= 15 is 0 Å². The number of nitrogens with one attached hydrogen (secondary N) is 1. The van der Waals surface area contributed by atoms with Gasteiger partial charge in [-0.2, -0.15) is 12.7 Å². The summed E-state index contributed by atoms with van der Waals surface area (Å²) in [5, 5.41) is 0. The van der Waals surface area contributed by atoms with Gasteiger partial charge in [-0.25, -0.2) is 4.72 Å². The van der Waals surface area contributed by atoms with E-state index < -0.39 is 10.2 Å². The summed E-state index contributed by atoms with van der Waals surface area (Å²) in [7, 11) is 1.83. The van der Waals surface area contributed by atoms with Crippen molar-refractivity contribution in [3.8, 4) is 0 Å². The molecule has 0 radical (unpaired) electrons. The van der Waals surface area contributed by atoms with E-state index in [1.165, 1.54) is 31.2 Å². The van der Waals surface area contributed by atoms with Gasteiger partial charge in [-0.1, -0.05) is 0 Å². The van der Waals surface area contributed by atoms with Crippen LogP contribution < -0.4 is 4.72 Å². The molecular formula is C8H19N3O2S. The van der Waals surface area contributed by atoms with Crippen LogP contribution in [0.15, 0.2) is 0 Å². The van der Waals surface area contributed by atoms with Gasteiger partial charge in [0.05, 0.1) is 0 Å². The zero-order chi connectivity index (χ0) is 10.8. The molecule has 1 aliphatic rings. The van der Waals surface area contributed by atoms with Crippen LogP contribution in [0.4, 0.5) is 0 Å². The fourth-order valence-corrected chi connectivity index (χ4v) is 1.79. The van der Waals surface area contributed by atoms with Gasteiger partial charge >= 0.3 is 0 Å². The fraction of sp³-hybridized carbons (Fsp3) is 1.00. The lowest BCUT2D eigenvalue weighted by atomic mass is 10.5. The Morgan fingerprint density at radius 1 is 1.29 bits per heavy atom. The minimum atomic E-state index is -3.24. The molecule has 1 saturated carbocycles. The summed E-state index contributed by atoms with van der Waals surface area (Å²) in [6, 6.07) is 0.680. The Morgan fingerprint density at radius 2 is 1.86 bits per heavy atom. The highest BCUT2D eigenvalue weighted by molar-refractivity contribution is 7.87. The van der Waals surface area contributed by atoms with Crippen LogP contribution in [0.2, 0.25) is 0 Å². The summed E-state index contributed by atoms with van der Waals surface area (Å²) in [5.41, 5.74) is 0. The maximum Gasteiger partial charge on any atom is 0.278 e. The first-order valence-corrected chi connectivity index (χ1v) is 6.25. The molecule has 1 aliphatic carbocycles. The van der Waals surface area contributed by atoms with Crippen molar-refractivity contribution in [1.82, 2.24) is 13.9 Å². The van der Waals surface area contributed by atoms with E-state index in [0.29, 0.717) is 12.6 Å². The molecule has 0 saturated heterocycles. The Bertz CT molecular complexity index is 272. The van der Waals surface area contributed by atoms with E-state index in [0.717, 1.165) is 6.54 Å². The molecule has 0 aromatic heterocycles. The molecule has 0 bridgehead atoms. The van der Waals surface area contributed by atoms with Gasteiger partial charge in [-0.3, -0.25) is 0 Å². The highest BCUT2D eigenvalue weighted by Gasteiger charge is 2.25. The van der Waals surface area contributed by atoms with Gasteiger partial charge in [0.15, 0.2) is 0 Å². The van der Waals surface area contributed by atoms with E-state index in [-0.39, 0.29) is 0 Å². The van der Waals surface area contributed by atoms with Crippen molar-refractivity contribution in [3.63, 3.8) is 0 Å². The predicted octanol–water partition coefficient (Wildman–Crippen LogP) is -0.523. The molecule has 6 heteroatoms. The summed E-state index contributed by atoms with van der Waals surface area (Å²) >= 11 is 0. The van der Waals surface area contributed by atoms with Crippen molar-refractivity contribution in [1.29, 1.82) is 0 Å². The Morgan fingerprint density at radius 3 is 2.29 bits per heavy atom. The smallest absolute Gasteiger partial charge is 0.278 e. The van der Waals surface area contributed by atoms with Gasteiger partial charge in [0, 0.05) is 33.2 Å². The van der Waals surface area contributed by atoms with Gasteiger partial charge in [-0.05, 0) is 19.9 Å². The van der Waals surface area contributed by atoms with E-state index in [4.69, 9.17) is 0 Å². The van der Waals surface area contributed by atoms with Crippen LogP contribution in [0.5, 0.6) is 0 Å². The minimum absolute atomic E-state index is 0.480. The number of nitrogens with zero attached hydrogens (tertiary/aromatic N) is 2. The summed E-state index contributed by atoms with van der Waals surface area (Å²) in [5.74, 6) is 0. The molecule has 0 spiro atoms. The van der Waals surface area contributed by atoms with Crippen LogP contribution in [0.25, 0.3) is 0 Å². The molecular weight excluding hydrogens is 202 g/mol. The van der Waals surface area contributed by atoms with Gasteiger partial charge in [0.25, 0.3) is 10.2 Å². The minimum Gasteiger partial charge on any atom is -0.302 e. The maximum atomic E-state index is 11.3. The lowest BCUT2D eigenvalue weighted by Crippen LogP contribution is -2.40. The lowest BCUT2D eigenvalue weighted by Gasteiger charge is -2.17.